The van der Waals surface area contributed by atoms with E-state index in [9.17, 15) is 5.21 Å². The van der Waals surface area contributed by atoms with Crippen LogP contribution in [0.25, 0.3) is 11.2 Å². The predicted octanol–water partition coefficient (Wildman–Crippen LogP) is 1.51. The molecule has 0 spiro atoms. The Hall–Kier alpha value is -1.95. The smallest absolute Gasteiger partial charge is 0.182 e. The Morgan fingerprint density at radius 1 is 1.44 bits per heavy atom. The molecule has 6 heteroatoms. The Bertz CT molecular complexity index is 515. The van der Waals surface area contributed by atoms with Crippen molar-refractivity contribution in [2.24, 2.45) is 0 Å². The first-order valence-corrected chi connectivity index (χ1v) is 4.92. The first-order chi connectivity index (χ1) is 7.68. The number of hydrogen-bond acceptors (Lipinski definition) is 5. The maximum absolute atomic E-state index is 9.84. The molecule has 0 saturated carbocycles. The third-order valence-corrected chi connectivity index (χ3v) is 2.12. The zero-order valence-electron chi connectivity index (χ0n) is 9.18. The lowest BCUT2D eigenvalue weighted by molar-refractivity contribution is 0.263. The van der Waals surface area contributed by atoms with Crippen molar-refractivity contribution in [3.8, 4) is 0 Å². The van der Waals surface area contributed by atoms with Gasteiger partial charge < -0.3 is 4.98 Å². The molecule has 2 aromatic rings. The number of fused-ring (bicyclic) bond motifs is 1. The summed E-state index contributed by atoms with van der Waals surface area (Å²) in [5, 5.41) is 10.9. The molecule has 2 N–H and O–H groups in total. The minimum Gasteiger partial charge on any atom is -0.340 e. The molecule has 0 aliphatic heterocycles. The average molecular weight is 219 g/mol. The Kier molecular flexibility index (Phi) is 2.82. The molecular formula is C10H13N5O. The minimum atomic E-state index is 0.382. The van der Waals surface area contributed by atoms with Crippen LogP contribution in [0.1, 0.15) is 13.8 Å². The van der Waals surface area contributed by atoms with Crippen molar-refractivity contribution in [3.63, 3.8) is 0 Å². The van der Waals surface area contributed by atoms with E-state index in [0.29, 0.717) is 23.5 Å². The molecule has 0 amide bonds. The van der Waals surface area contributed by atoms with Gasteiger partial charge in [-0.25, -0.2) is 20.0 Å². The molecule has 16 heavy (non-hydrogen) atoms. The van der Waals surface area contributed by atoms with E-state index in [1.165, 1.54) is 12.7 Å². The largest absolute Gasteiger partial charge is 0.340 e. The Balaban J connectivity index is 2.32. The van der Waals surface area contributed by atoms with Crippen LogP contribution >= 0.6 is 0 Å². The molecule has 0 aliphatic rings. The summed E-state index contributed by atoms with van der Waals surface area (Å²) in [6, 6.07) is 0. The number of imidazole rings is 1. The maximum Gasteiger partial charge on any atom is 0.182 e. The molecule has 0 radical (unpaired) electrons. The number of aromatic nitrogens is 4. The normalized spacial score (nSPS) is 10.4. The molecule has 0 fully saturated rings. The summed E-state index contributed by atoms with van der Waals surface area (Å²) in [7, 11) is 0. The number of rotatable bonds is 3. The van der Waals surface area contributed by atoms with Crippen molar-refractivity contribution < 1.29 is 5.21 Å². The van der Waals surface area contributed by atoms with Gasteiger partial charge in [-0.1, -0.05) is 11.6 Å². The van der Waals surface area contributed by atoms with Crippen molar-refractivity contribution in [3.05, 3.63) is 24.3 Å². The number of hydrogen-bond donors (Lipinski definition) is 2. The van der Waals surface area contributed by atoms with Crippen molar-refractivity contribution in [1.29, 1.82) is 0 Å². The van der Waals surface area contributed by atoms with Crippen LogP contribution in [0.2, 0.25) is 0 Å². The van der Waals surface area contributed by atoms with Gasteiger partial charge in [0.2, 0.25) is 0 Å². The molecule has 0 aromatic carbocycles. The van der Waals surface area contributed by atoms with E-state index in [1.54, 1.807) is 0 Å². The molecule has 84 valence electrons. The summed E-state index contributed by atoms with van der Waals surface area (Å²) < 4.78 is 0. The van der Waals surface area contributed by atoms with Crippen LogP contribution in [-0.2, 0) is 0 Å². The number of aromatic amines is 1. The van der Waals surface area contributed by atoms with Gasteiger partial charge in [-0.3, -0.25) is 5.21 Å². The monoisotopic (exact) mass is 219 g/mol. The fraction of sp³-hybridized carbons (Fsp3) is 0.300. The third-order valence-electron chi connectivity index (χ3n) is 2.12. The van der Waals surface area contributed by atoms with Crippen LogP contribution in [0.15, 0.2) is 24.3 Å². The van der Waals surface area contributed by atoms with Crippen LogP contribution in [0.4, 0.5) is 5.82 Å². The second kappa shape index (κ2) is 4.28. The van der Waals surface area contributed by atoms with E-state index >= 15 is 0 Å². The Morgan fingerprint density at radius 2 is 2.25 bits per heavy atom. The third kappa shape index (κ3) is 2.01. The van der Waals surface area contributed by atoms with Crippen LogP contribution < -0.4 is 5.06 Å². The lowest BCUT2D eigenvalue weighted by Crippen LogP contribution is -2.19. The zero-order chi connectivity index (χ0) is 11.5. The molecule has 2 aromatic heterocycles. The fourth-order valence-electron chi connectivity index (χ4n) is 1.30. The van der Waals surface area contributed by atoms with Crippen LogP contribution in [0.5, 0.6) is 0 Å². The highest BCUT2D eigenvalue weighted by molar-refractivity contribution is 5.81. The lowest BCUT2D eigenvalue weighted by Gasteiger charge is -2.13. The van der Waals surface area contributed by atoms with E-state index in [2.05, 4.69) is 19.9 Å². The standard InChI is InChI=1S/C10H13N5O/c1-7(2)3-4-15(16)10-8-9(12-5-11-8)13-6-14-10/h3,5-6,16H,4H2,1-2H3,(H,11,12,13,14). The number of allylic oxidation sites excluding steroid dienone is 1. The summed E-state index contributed by atoms with van der Waals surface area (Å²) in [5.41, 5.74) is 2.31. The van der Waals surface area contributed by atoms with Crippen molar-refractivity contribution in [2.75, 3.05) is 11.6 Å². The summed E-state index contributed by atoms with van der Waals surface area (Å²) in [5.74, 6) is 0.431. The fourth-order valence-corrected chi connectivity index (χ4v) is 1.30. The van der Waals surface area contributed by atoms with Gasteiger partial charge in [0.05, 0.1) is 12.9 Å². The number of nitrogens with zero attached hydrogens (tertiary/aromatic N) is 4. The maximum atomic E-state index is 9.84. The molecule has 6 nitrogen and oxygen atoms in total. The molecular weight excluding hydrogens is 206 g/mol. The second-order valence-electron chi connectivity index (χ2n) is 3.66. The van der Waals surface area contributed by atoms with E-state index in [4.69, 9.17) is 0 Å². The van der Waals surface area contributed by atoms with Crippen molar-refractivity contribution >= 4 is 17.0 Å². The lowest BCUT2D eigenvalue weighted by atomic mass is 10.3. The molecule has 0 unspecified atom stereocenters. The first-order valence-electron chi connectivity index (χ1n) is 4.92. The predicted molar refractivity (Wildman–Crippen MR) is 60.2 cm³/mol. The number of hydroxylamine groups is 1. The summed E-state index contributed by atoms with van der Waals surface area (Å²) in [4.78, 5) is 14.9. The molecule has 0 bridgehead atoms. The average Bonchev–Trinajstić information content (AvgIpc) is 2.73. The summed E-state index contributed by atoms with van der Waals surface area (Å²) in [6.07, 6.45) is 4.81. The van der Waals surface area contributed by atoms with Crippen LogP contribution in [-0.4, -0.2) is 31.7 Å². The molecule has 0 aliphatic carbocycles. The van der Waals surface area contributed by atoms with Crippen molar-refractivity contribution in [2.45, 2.75) is 13.8 Å². The topological polar surface area (TPSA) is 77.9 Å². The number of anilines is 1. The molecule has 0 atom stereocenters. The van der Waals surface area contributed by atoms with Crippen LogP contribution in [0, 0.1) is 0 Å². The highest BCUT2D eigenvalue weighted by Crippen LogP contribution is 2.17. The SMILES string of the molecule is CC(C)=CCN(O)c1ncnc2nc[nH]c12. The molecule has 0 saturated heterocycles. The highest BCUT2D eigenvalue weighted by atomic mass is 16.5. The van der Waals surface area contributed by atoms with Gasteiger partial charge in [0.1, 0.15) is 11.8 Å². The number of nitrogens with one attached hydrogen (secondary N) is 1. The first kappa shape index (κ1) is 10.6. The van der Waals surface area contributed by atoms with Gasteiger partial charge in [0.15, 0.2) is 11.5 Å². The van der Waals surface area contributed by atoms with Gasteiger partial charge in [-0.15, -0.1) is 0 Å². The van der Waals surface area contributed by atoms with E-state index < -0.39 is 0 Å². The van der Waals surface area contributed by atoms with E-state index in [1.807, 2.05) is 19.9 Å². The van der Waals surface area contributed by atoms with Gasteiger partial charge in [0.25, 0.3) is 0 Å². The highest BCUT2D eigenvalue weighted by Gasteiger charge is 2.10. The van der Waals surface area contributed by atoms with Gasteiger partial charge in [-0.2, -0.15) is 0 Å². The Morgan fingerprint density at radius 3 is 3.00 bits per heavy atom. The summed E-state index contributed by atoms with van der Waals surface area (Å²) in [6.45, 7) is 4.33. The van der Waals surface area contributed by atoms with E-state index in [-0.39, 0.29) is 0 Å². The van der Waals surface area contributed by atoms with Gasteiger partial charge >= 0.3 is 0 Å². The van der Waals surface area contributed by atoms with E-state index in [0.717, 1.165) is 10.6 Å². The second-order valence-corrected chi connectivity index (χ2v) is 3.66. The number of H-pyrrole nitrogens is 1. The van der Waals surface area contributed by atoms with Gasteiger partial charge in [0, 0.05) is 0 Å². The van der Waals surface area contributed by atoms with Gasteiger partial charge in [-0.05, 0) is 13.8 Å². The quantitative estimate of drug-likeness (QED) is 0.604. The zero-order valence-corrected chi connectivity index (χ0v) is 9.18. The van der Waals surface area contributed by atoms with Crippen LogP contribution in [0.3, 0.4) is 0 Å². The van der Waals surface area contributed by atoms with Crippen molar-refractivity contribution in [1.82, 2.24) is 19.9 Å². The molecule has 2 rings (SSSR count). The minimum absolute atomic E-state index is 0.382. The Labute approximate surface area is 92.6 Å². The summed E-state index contributed by atoms with van der Waals surface area (Å²) >= 11 is 0. The molecule has 2 heterocycles.